The Bertz CT molecular complexity index is 541. The maximum absolute atomic E-state index is 4.30. The monoisotopic (exact) mass is 271 g/mol. The number of nitrogens with one attached hydrogen (secondary N) is 1. The first-order chi connectivity index (χ1) is 9.45. The molecule has 20 heavy (non-hydrogen) atoms. The van der Waals surface area contributed by atoms with Gasteiger partial charge in [0.1, 0.15) is 0 Å². The molecule has 1 aliphatic rings. The zero-order valence-electron chi connectivity index (χ0n) is 13.1. The molecule has 1 atom stereocenters. The highest BCUT2D eigenvalue weighted by atomic mass is 15.1. The number of hydrogen-bond donors (Lipinski definition) is 1. The van der Waals surface area contributed by atoms with Gasteiger partial charge < -0.3 is 4.90 Å². The van der Waals surface area contributed by atoms with Gasteiger partial charge in [0.2, 0.25) is 0 Å². The van der Waals surface area contributed by atoms with Crippen LogP contribution in [-0.4, -0.2) is 35.2 Å². The largest absolute Gasteiger partial charge is 0.306 e. The minimum atomic E-state index is 0.601. The smallest absolute Gasteiger partial charge is 0.0672 e. The predicted octanol–water partition coefficient (Wildman–Crippen LogP) is 3.64. The van der Waals surface area contributed by atoms with Gasteiger partial charge in [-0.05, 0) is 63.9 Å². The zero-order valence-corrected chi connectivity index (χ0v) is 13.1. The van der Waals surface area contributed by atoms with Crippen LogP contribution in [0.3, 0.4) is 0 Å². The predicted molar refractivity (Wildman–Crippen MR) is 85.6 cm³/mol. The van der Waals surface area contributed by atoms with Gasteiger partial charge in [-0.2, -0.15) is 5.10 Å². The molecule has 3 nitrogen and oxygen atoms in total. The van der Waals surface area contributed by atoms with Crippen molar-refractivity contribution in [2.45, 2.75) is 39.2 Å². The molecule has 1 N–H and O–H groups in total. The van der Waals surface area contributed by atoms with Crippen LogP contribution in [0.5, 0.6) is 0 Å². The first-order valence-electron chi connectivity index (χ1n) is 7.17. The van der Waals surface area contributed by atoms with Crippen LogP contribution in [-0.2, 0) is 0 Å². The molecule has 1 aromatic heterocycles. The highest BCUT2D eigenvalue weighted by molar-refractivity contribution is 5.81. The Hall–Kier alpha value is -1.61. The van der Waals surface area contributed by atoms with E-state index < -0.39 is 0 Å². The van der Waals surface area contributed by atoms with Gasteiger partial charge >= 0.3 is 0 Å². The molecular formula is C17H25N3. The summed E-state index contributed by atoms with van der Waals surface area (Å²) in [5.41, 5.74) is 7.13. The number of nitrogens with zero attached hydrogens (tertiary/aromatic N) is 2. The third-order valence-electron chi connectivity index (χ3n) is 4.29. The fourth-order valence-electron chi connectivity index (χ4n) is 3.09. The summed E-state index contributed by atoms with van der Waals surface area (Å²) >= 11 is 0. The van der Waals surface area contributed by atoms with Crippen molar-refractivity contribution in [1.82, 2.24) is 15.1 Å². The molecule has 1 saturated carbocycles. The highest BCUT2D eigenvalue weighted by Gasteiger charge is 2.24. The second kappa shape index (κ2) is 5.80. The Morgan fingerprint density at radius 2 is 2.10 bits per heavy atom. The summed E-state index contributed by atoms with van der Waals surface area (Å²) in [7, 11) is 4.29. The topological polar surface area (TPSA) is 31.9 Å². The van der Waals surface area contributed by atoms with Crippen molar-refractivity contribution in [1.29, 1.82) is 0 Å². The average molecular weight is 271 g/mol. The molecule has 0 amide bonds. The van der Waals surface area contributed by atoms with Crippen molar-refractivity contribution in [2.24, 2.45) is 0 Å². The summed E-state index contributed by atoms with van der Waals surface area (Å²) in [6.45, 7) is 12.4. The summed E-state index contributed by atoms with van der Waals surface area (Å²) in [5.74, 6) is 0. The lowest BCUT2D eigenvalue weighted by atomic mass is 9.82. The highest BCUT2D eigenvalue weighted by Crippen LogP contribution is 2.37. The molecule has 0 aromatic carbocycles. The van der Waals surface area contributed by atoms with E-state index in [2.05, 4.69) is 49.3 Å². The number of aromatic amines is 1. The van der Waals surface area contributed by atoms with E-state index in [0.29, 0.717) is 6.04 Å². The van der Waals surface area contributed by atoms with Crippen LogP contribution in [0.4, 0.5) is 0 Å². The Labute approximate surface area is 122 Å². The maximum atomic E-state index is 4.30. The molecule has 1 unspecified atom stereocenters. The van der Waals surface area contributed by atoms with Crippen LogP contribution in [0.2, 0.25) is 0 Å². The van der Waals surface area contributed by atoms with Crippen LogP contribution >= 0.6 is 0 Å². The fourth-order valence-corrected chi connectivity index (χ4v) is 3.09. The summed E-state index contributed by atoms with van der Waals surface area (Å²) in [6, 6.07) is 0.601. The maximum Gasteiger partial charge on any atom is 0.0672 e. The molecule has 0 saturated heterocycles. The molecule has 108 valence electrons. The zero-order chi connectivity index (χ0) is 14.9. The van der Waals surface area contributed by atoms with Gasteiger partial charge in [-0.1, -0.05) is 19.2 Å². The number of rotatable bonds is 3. The van der Waals surface area contributed by atoms with Crippen molar-refractivity contribution >= 4 is 5.57 Å². The van der Waals surface area contributed by atoms with Gasteiger partial charge in [-0.25, -0.2) is 0 Å². The molecule has 2 rings (SSSR count). The van der Waals surface area contributed by atoms with E-state index in [1.165, 1.54) is 28.7 Å². The number of hydrogen-bond acceptors (Lipinski definition) is 2. The third kappa shape index (κ3) is 2.63. The van der Waals surface area contributed by atoms with Crippen LogP contribution in [0, 0.1) is 13.8 Å². The van der Waals surface area contributed by atoms with E-state index in [9.17, 15) is 0 Å². The molecule has 1 fully saturated rings. The fraction of sp³-hybridized carbons (Fsp3) is 0.471. The van der Waals surface area contributed by atoms with E-state index in [-0.39, 0.29) is 0 Å². The van der Waals surface area contributed by atoms with Gasteiger partial charge in [0.25, 0.3) is 0 Å². The standard InChI is InChI=1S/C17H25N3/c1-7-15(17-12(3)18-19-13(17)4)16-9-8-14(20(5)6)10-11(16)2/h7,14H,1-2,8-10H2,3-6H3,(H,18,19)/b16-15+. The second-order valence-corrected chi connectivity index (χ2v) is 5.87. The van der Waals surface area contributed by atoms with Gasteiger partial charge in [0.15, 0.2) is 0 Å². The quantitative estimate of drug-likeness (QED) is 0.910. The first-order valence-corrected chi connectivity index (χ1v) is 7.17. The van der Waals surface area contributed by atoms with Crippen LogP contribution in [0.1, 0.15) is 36.2 Å². The lowest BCUT2D eigenvalue weighted by Crippen LogP contribution is -2.31. The number of allylic oxidation sites excluding steroid dienone is 3. The summed E-state index contributed by atoms with van der Waals surface area (Å²) in [5, 5.41) is 7.37. The van der Waals surface area contributed by atoms with Crippen LogP contribution < -0.4 is 0 Å². The van der Waals surface area contributed by atoms with E-state index >= 15 is 0 Å². The lowest BCUT2D eigenvalue weighted by molar-refractivity contribution is 0.268. The van der Waals surface area contributed by atoms with Gasteiger partial charge in [-0.3, -0.25) is 5.10 Å². The van der Waals surface area contributed by atoms with Gasteiger partial charge in [-0.15, -0.1) is 0 Å². The summed E-state index contributed by atoms with van der Waals surface area (Å²) in [6.07, 6.45) is 5.23. The molecule has 1 heterocycles. The van der Waals surface area contributed by atoms with Crippen LogP contribution in [0.15, 0.2) is 30.4 Å². The average Bonchev–Trinajstić information content (AvgIpc) is 2.73. The molecule has 1 aromatic rings. The SMILES string of the molecule is C=C/C(=C1/CCC(N(C)C)CC1=C)c1c(C)n[nH]c1C. The normalized spacial score (nSPS) is 22.2. The Morgan fingerprint density at radius 1 is 1.40 bits per heavy atom. The van der Waals surface area contributed by atoms with Crippen molar-refractivity contribution < 1.29 is 0 Å². The number of H-pyrrole nitrogens is 1. The van der Waals surface area contributed by atoms with Crippen molar-refractivity contribution in [3.63, 3.8) is 0 Å². The summed E-state index contributed by atoms with van der Waals surface area (Å²) in [4.78, 5) is 2.30. The second-order valence-electron chi connectivity index (χ2n) is 5.87. The van der Waals surface area contributed by atoms with Crippen molar-refractivity contribution in [2.75, 3.05) is 14.1 Å². The van der Waals surface area contributed by atoms with E-state index in [1.54, 1.807) is 0 Å². The third-order valence-corrected chi connectivity index (χ3v) is 4.29. The van der Waals surface area contributed by atoms with E-state index in [4.69, 9.17) is 0 Å². The van der Waals surface area contributed by atoms with Gasteiger partial charge in [0.05, 0.1) is 5.69 Å². The first kappa shape index (κ1) is 14.8. The Kier molecular flexibility index (Phi) is 4.29. The molecular weight excluding hydrogens is 246 g/mol. The Balaban J connectivity index is 2.40. The summed E-state index contributed by atoms with van der Waals surface area (Å²) < 4.78 is 0. The molecule has 3 heteroatoms. The lowest BCUT2D eigenvalue weighted by Gasteiger charge is -2.32. The number of aromatic nitrogens is 2. The van der Waals surface area contributed by atoms with Gasteiger partial charge in [0, 0.05) is 17.3 Å². The Morgan fingerprint density at radius 3 is 2.55 bits per heavy atom. The van der Waals surface area contributed by atoms with Crippen LogP contribution in [0.25, 0.3) is 5.57 Å². The van der Waals surface area contributed by atoms with Crippen molar-refractivity contribution in [3.05, 3.63) is 47.3 Å². The van der Waals surface area contributed by atoms with Crippen molar-refractivity contribution in [3.8, 4) is 0 Å². The van der Waals surface area contributed by atoms with E-state index in [0.717, 1.165) is 24.2 Å². The number of aryl methyl sites for hydroxylation is 2. The molecule has 0 spiro atoms. The minimum Gasteiger partial charge on any atom is -0.306 e. The molecule has 0 bridgehead atoms. The van der Waals surface area contributed by atoms with E-state index in [1.807, 2.05) is 13.0 Å². The minimum absolute atomic E-state index is 0.601. The molecule has 0 radical (unpaired) electrons. The molecule has 0 aliphatic heterocycles. The molecule has 1 aliphatic carbocycles.